The van der Waals surface area contributed by atoms with Gasteiger partial charge in [0, 0.05) is 55.7 Å². The van der Waals surface area contributed by atoms with Crippen LogP contribution in [0.5, 0.6) is 0 Å². The lowest BCUT2D eigenvalue weighted by Crippen LogP contribution is -2.47. The molecule has 0 unspecified atom stereocenters. The molecular formula is C18H22N6. The van der Waals surface area contributed by atoms with Crippen LogP contribution in [-0.2, 0) is 12.8 Å². The fourth-order valence-electron chi connectivity index (χ4n) is 3.79. The van der Waals surface area contributed by atoms with Gasteiger partial charge in [-0.15, -0.1) is 0 Å². The van der Waals surface area contributed by atoms with Gasteiger partial charge in [0.2, 0.25) is 5.95 Å². The Morgan fingerprint density at radius 2 is 1.62 bits per heavy atom. The molecule has 6 nitrogen and oxygen atoms in total. The highest BCUT2D eigenvalue weighted by atomic mass is 15.3. The van der Waals surface area contributed by atoms with Gasteiger partial charge < -0.3 is 9.80 Å². The highest BCUT2D eigenvalue weighted by Gasteiger charge is 2.31. The van der Waals surface area contributed by atoms with Crippen LogP contribution in [-0.4, -0.2) is 46.1 Å². The van der Waals surface area contributed by atoms with Crippen LogP contribution in [0, 0.1) is 0 Å². The van der Waals surface area contributed by atoms with Crippen molar-refractivity contribution in [2.24, 2.45) is 0 Å². The Morgan fingerprint density at radius 3 is 2.38 bits per heavy atom. The largest absolute Gasteiger partial charge is 0.353 e. The highest BCUT2D eigenvalue weighted by molar-refractivity contribution is 5.53. The maximum atomic E-state index is 4.99. The average molecular weight is 322 g/mol. The summed E-state index contributed by atoms with van der Waals surface area (Å²) in [5.41, 5.74) is 2.72. The van der Waals surface area contributed by atoms with Gasteiger partial charge in [-0.2, -0.15) is 0 Å². The number of piperazine rings is 1. The number of nitrogens with zero attached hydrogens (tertiary/aromatic N) is 6. The topological polar surface area (TPSA) is 58.0 Å². The predicted molar refractivity (Wildman–Crippen MR) is 92.5 cm³/mol. The number of anilines is 2. The van der Waals surface area contributed by atoms with Gasteiger partial charge in [0.1, 0.15) is 11.6 Å². The summed E-state index contributed by atoms with van der Waals surface area (Å²) in [5.74, 6) is 3.77. The first-order valence-corrected chi connectivity index (χ1v) is 9.05. The summed E-state index contributed by atoms with van der Waals surface area (Å²) >= 11 is 0. The van der Waals surface area contributed by atoms with E-state index in [1.165, 1.54) is 36.3 Å². The van der Waals surface area contributed by atoms with Gasteiger partial charge in [-0.25, -0.2) is 19.9 Å². The Hall–Kier alpha value is -2.24. The van der Waals surface area contributed by atoms with Crippen molar-refractivity contribution in [1.29, 1.82) is 0 Å². The van der Waals surface area contributed by atoms with E-state index in [-0.39, 0.29) is 0 Å². The molecule has 3 heterocycles. The van der Waals surface area contributed by atoms with Gasteiger partial charge >= 0.3 is 0 Å². The summed E-state index contributed by atoms with van der Waals surface area (Å²) in [6.45, 7) is 3.85. The van der Waals surface area contributed by atoms with Crippen molar-refractivity contribution in [2.45, 2.75) is 38.0 Å². The first-order chi connectivity index (χ1) is 11.9. The van der Waals surface area contributed by atoms with Crippen molar-refractivity contribution in [2.75, 3.05) is 36.0 Å². The SMILES string of the molecule is c1cnc(N2CCN(c3nc(C4CC4)nc4c3CCC4)CC2)nc1. The molecule has 1 aliphatic heterocycles. The summed E-state index contributed by atoms with van der Waals surface area (Å²) in [5, 5.41) is 0. The zero-order valence-corrected chi connectivity index (χ0v) is 13.9. The summed E-state index contributed by atoms with van der Waals surface area (Å²) in [6, 6.07) is 1.86. The number of rotatable bonds is 3. The second kappa shape index (κ2) is 5.69. The van der Waals surface area contributed by atoms with Crippen LogP contribution in [0.3, 0.4) is 0 Å². The van der Waals surface area contributed by atoms with E-state index in [0.29, 0.717) is 5.92 Å². The quantitative estimate of drug-likeness (QED) is 0.861. The van der Waals surface area contributed by atoms with Crippen LogP contribution >= 0.6 is 0 Å². The minimum absolute atomic E-state index is 0.619. The maximum Gasteiger partial charge on any atom is 0.225 e. The van der Waals surface area contributed by atoms with Crippen LogP contribution in [0.4, 0.5) is 11.8 Å². The standard InChI is InChI=1S/C18H22N6/c1-3-14-15(4-1)21-16(13-5-6-13)22-17(14)23-9-11-24(12-10-23)18-19-7-2-8-20-18/h2,7-8,13H,1,3-6,9-12H2. The van der Waals surface area contributed by atoms with E-state index >= 15 is 0 Å². The van der Waals surface area contributed by atoms with Gasteiger partial charge in [-0.05, 0) is 38.2 Å². The molecule has 0 spiro atoms. The molecule has 0 N–H and O–H groups in total. The number of fused-ring (bicyclic) bond motifs is 1. The zero-order chi connectivity index (χ0) is 15.9. The van der Waals surface area contributed by atoms with Crippen molar-refractivity contribution in [3.05, 3.63) is 35.5 Å². The van der Waals surface area contributed by atoms with Crippen LogP contribution in [0.15, 0.2) is 18.5 Å². The fraction of sp³-hybridized carbons (Fsp3) is 0.556. The molecule has 2 aromatic rings. The molecule has 0 radical (unpaired) electrons. The third-order valence-electron chi connectivity index (χ3n) is 5.29. The molecule has 5 rings (SSSR count). The number of aryl methyl sites for hydroxylation is 1. The Morgan fingerprint density at radius 1 is 0.875 bits per heavy atom. The Balaban J connectivity index is 1.38. The first-order valence-electron chi connectivity index (χ1n) is 9.05. The second-order valence-corrected chi connectivity index (χ2v) is 6.98. The van der Waals surface area contributed by atoms with Crippen molar-refractivity contribution in [3.8, 4) is 0 Å². The van der Waals surface area contributed by atoms with Crippen LogP contribution < -0.4 is 9.80 Å². The molecule has 1 saturated carbocycles. The lowest BCUT2D eigenvalue weighted by molar-refractivity contribution is 0.629. The molecule has 2 aromatic heterocycles. The number of hydrogen-bond donors (Lipinski definition) is 0. The van der Waals surface area contributed by atoms with Crippen molar-refractivity contribution in [1.82, 2.24) is 19.9 Å². The molecule has 124 valence electrons. The fourth-order valence-corrected chi connectivity index (χ4v) is 3.79. The lowest BCUT2D eigenvalue weighted by atomic mass is 10.2. The van der Waals surface area contributed by atoms with Gasteiger partial charge in [-0.1, -0.05) is 0 Å². The Bertz CT molecular complexity index is 735. The predicted octanol–water partition coefficient (Wildman–Crippen LogP) is 1.96. The van der Waals surface area contributed by atoms with E-state index in [1.807, 2.05) is 18.5 Å². The van der Waals surface area contributed by atoms with E-state index in [4.69, 9.17) is 9.97 Å². The second-order valence-electron chi connectivity index (χ2n) is 6.98. The number of aromatic nitrogens is 4. The minimum Gasteiger partial charge on any atom is -0.353 e. The van der Waals surface area contributed by atoms with Gasteiger partial charge in [0.25, 0.3) is 0 Å². The average Bonchev–Trinajstić information content (AvgIpc) is 3.39. The third kappa shape index (κ3) is 2.50. The smallest absolute Gasteiger partial charge is 0.225 e. The molecular weight excluding hydrogens is 300 g/mol. The Labute approximate surface area is 142 Å². The molecule has 3 aliphatic rings. The van der Waals surface area contributed by atoms with Gasteiger partial charge in [0.15, 0.2) is 0 Å². The van der Waals surface area contributed by atoms with Gasteiger partial charge in [0.05, 0.1) is 0 Å². The van der Waals surface area contributed by atoms with Crippen LogP contribution in [0.2, 0.25) is 0 Å². The Kier molecular flexibility index (Phi) is 3.35. The third-order valence-corrected chi connectivity index (χ3v) is 5.29. The minimum atomic E-state index is 0.619. The molecule has 0 bridgehead atoms. The van der Waals surface area contributed by atoms with E-state index < -0.39 is 0 Å². The van der Waals surface area contributed by atoms with Crippen LogP contribution in [0.25, 0.3) is 0 Å². The maximum absolute atomic E-state index is 4.99. The molecule has 0 amide bonds. The van der Waals surface area contributed by atoms with E-state index in [2.05, 4.69) is 19.8 Å². The zero-order valence-electron chi connectivity index (χ0n) is 13.9. The number of hydrogen-bond acceptors (Lipinski definition) is 6. The summed E-state index contributed by atoms with van der Waals surface area (Å²) in [4.78, 5) is 23.3. The summed E-state index contributed by atoms with van der Waals surface area (Å²) in [7, 11) is 0. The molecule has 0 aromatic carbocycles. The molecule has 24 heavy (non-hydrogen) atoms. The van der Waals surface area contributed by atoms with E-state index in [9.17, 15) is 0 Å². The molecule has 1 saturated heterocycles. The van der Waals surface area contributed by atoms with E-state index in [0.717, 1.165) is 50.8 Å². The first kappa shape index (κ1) is 14.1. The van der Waals surface area contributed by atoms with Crippen molar-refractivity contribution >= 4 is 11.8 Å². The normalized spacial score (nSPS) is 20.3. The highest BCUT2D eigenvalue weighted by Crippen LogP contribution is 2.40. The summed E-state index contributed by atoms with van der Waals surface area (Å²) < 4.78 is 0. The van der Waals surface area contributed by atoms with Crippen molar-refractivity contribution in [3.63, 3.8) is 0 Å². The molecule has 0 atom stereocenters. The molecule has 6 heteroatoms. The molecule has 2 fully saturated rings. The van der Waals surface area contributed by atoms with E-state index in [1.54, 1.807) is 0 Å². The van der Waals surface area contributed by atoms with Crippen molar-refractivity contribution < 1.29 is 0 Å². The van der Waals surface area contributed by atoms with Crippen LogP contribution in [0.1, 0.15) is 42.3 Å². The summed E-state index contributed by atoms with van der Waals surface area (Å²) in [6.07, 6.45) is 9.64. The van der Waals surface area contributed by atoms with Gasteiger partial charge in [-0.3, -0.25) is 0 Å². The monoisotopic (exact) mass is 322 g/mol. The lowest BCUT2D eigenvalue weighted by Gasteiger charge is -2.36. The molecule has 2 aliphatic carbocycles.